The van der Waals surface area contributed by atoms with Crippen LogP contribution in [0.15, 0.2) is 50.9 Å². The lowest BCUT2D eigenvalue weighted by molar-refractivity contribution is -0.120. The highest BCUT2D eigenvalue weighted by Crippen LogP contribution is 2.34. The summed E-state index contributed by atoms with van der Waals surface area (Å²) < 4.78 is 5.54. The maximum absolute atomic E-state index is 11.8. The van der Waals surface area contributed by atoms with E-state index in [0.29, 0.717) is 33.0 Å². The lowest BCUT2D eigenvalue weighted by atomic mass is 10.2. The molecule has 0 bridgehead atoms. The molecular weight excluding hydrogens is 428 g/mol. The fourth-order valence-corrected chi connectivity index (χ4v) is 3.29. The molecular formula is C17H16BrClN2O3S. The topological polar surface area (TPSA) is 70.9 Å². The summed E-state index contributed by atoms with van der Waals surface area (Å²) in [5, 5.41) is 14.4. The normalized spacial score (nSPS) is 10.8. The monoisotopic (exact) mass is 442 g/mol. The molecule has 0 saturated heterocycles. The molecule has 0 radical (unpaired) electrons. The number of phenolic OH excluding ortho intramolecular Hbond substituents is 1. The number of methoxy groups -OCH3 is 1. The smallest absolute Gasteiger partial charge is 0.240 e. The van der Waals surface area contributed by atoms with Crippen molar-refractivity contribution in [2.45, 2.75) is 11.3 Å². The van der Waals surface area contributed by atoms with Crippen LogP contribution in [-0.2, 0) is 4.79 Å². The van der Waals surface area contributed by atoms with Crippen LogP contribution in [0.2, 0.25) is 5.02 Å². The highest BCUT2D eigenvalue weighted by Gasteiger charge is 2.07. The number of nitrogens with one attached hydrogen (secondary N) is 1. The zero-order valence-corrected chi connectivity index (χ0v) is 16.5. The molecule has 25 heavy (non-hydrogen) atoms. The van der Waals surface area contributed by atoms with Crippen molar-refractivity contribution in [2.75, 3.05) is 12.9 Å². The molecule has 2 rings (SSSR count). The van der Waals surface area contributed by atoms with Gasteiger partial charge < -0.3 is 9.84 Å². The Bertz CT molecular complexity index is 769. The van der Waals surface area contributed by atoms with Crippen LogP contribution in [0.1, 0.15) is 12.0 Å². The Morgan fingerprint density at radius 1 is 1.40 bits per heavy atom. The van der Waals surface area contributed by atoms with Crippen LogP contribution in [0.3, 0.4) is 0 Å². The number of hydrogen-bond acceptors (Lipinski definition) is 5. The first-order chi connectivity index (χ1) is 12.0. The first kappa shape index (κ1) is 19.6. The summed E-state index contributed by atoms with van der Waals surface area (Å²) in [6, 6.07) is 10.8. The number of aromatic hydroxyl groups is 1. The molecule has 0 saturated carbocycles. The maximum Gasteiger partial charge on any atom is 0.240 e. The molecule has 0 heterocycles. The van der Waals surface area contributed by atoms with E-state index in [9.17, 15) is 9.90 Å². The molecule has 8 heteroatoms. The summed E-state index contributed by atoms with van der Waals surface area (Å²) >= 11 is 10.6. The third-order valence-electron chi connectivity index (χ3n) is 3.09. The van der Waals surface area contributed by atoms with Gasteiger partial charge >= 0.3 is 0 Å². The summed E-state index contributed by atoms with van der Waals surface area (Å²) in [7, 11) is 1.46. The van der Waals surface area contributed by atoms with Crippen LogP contribution < -0.4 is 10.2 Å². The number of benzene rings is 2. The summed E-state index contributed by atoms with van der Waals surface area (Å²) in [6.07, 6.45) is 1.82. The first-order valence-corrected chi connectivity index (χ1v) is 9.42. The van der Waals surface area contributed by atoms with Gasteiger partial charge in [0, 0.05) is 22.1 Å². The zero-order valence-electron chi connectivity index (χ0n) is 13.3. The molecule has 0 aromatic heterocycles. The highest BCUT2D eigenvalue weighted by molar-refractivity contribution is 9.10. The molecule has 0 aliphatic carbocycles. The highest BCUT2D eigenvalue weighted by atomic mass is 79.9. The molecule has 2 aromatic carbocycles. The molecule has 5 nitrogen and oxygen atoms in total. The number of hydrazone groups is 1. The van der Waals surface area contributed by atoms with E-state index in [0.717, 1.165) is 4.90 Å². The second-order valence-corrected chi connectivity index (χ2v) is 7.36. The van der Waals surface area contributed by atoms with E-state index in [-0.39, 0.29) is 11.7 Å². The molecule has 0 unspecified atom stereocenters. The van der Waals surface area contributed by atoms with Crippen LogP contribution >= 0.6 is 39.3 Å². The molecule has 0 spiro atoms. The van der Waals surface area contributed by atoms with Crippen molar-refractivity contribution >= 4 is 51.4 Å². The number of amides is 1. The van der Waals surface area contributed by atoms with Gasteiger partial charge in [-0.3, -0.25) is 4.79 Å². The number of carbonyl (C=O) groups is 1. The largest absolute Gasteiger partial charge is 0.503 e. The average Bonchev–Trinajstić information content (AvgIpc) is 2.59. The maximum atomic E-state index is 11.8. The first-order valence-electron chi connectivity index (χ1n) is 7.26. The number of thioether (sulfide) groups is 1. The molecule has 2 aromatic rings. The molecule has 2 N–H and O–H groups in total. The van der Waals surface area contributed by atoms with E-state index >= 15 is 0 Å². The quantitative estimate of drug-likeness (QED) is 0.377. The van der Waals surface area contributed by atoms with Crippen molar-refractivity contribution in [1.29, 1.82) is 0 Å². The van der Waals surface area contributed by atoms with Gasteiger partial charge in [-0.25, -0.2) is 5.43 Å². The van der Waals surface area contributed by atoms with Gasteiger partial charge in [0.25, 0.3) is 0 Å². The number of rotatable bonds is 7. The van der Waals surface area contributed by atoms with Crippen LogP contribution in [0.4, 0.5) is 0 Å². The fraction of sp³-hybridized carbons (Fsp3) is 0.176. The third kappa shape index (κ3) is 6.26. The summed E-state index contributed by atoms with van der Waals surface area (Å²) in [5.41, 5.74) is 3.15. The number of ether oxygens (including phenoxy) is 1. The van der Waals surface area contributed by atoms with E-state index in [2.05, 4.69) is 26.5 Å². The summed E-state index contributed by atoms with van der Waals surface area (Å²) in [6.45, 7) is 0. The van der Waals surface area contributed by atoms with Crippen molar-refractivity contribution in [3.8, 4) is 11.5 Å². The van der Waals surface area contributed by atoms with Gasteiger partial charge in [-0.1, -0.05) is 11.6 Å². The Morgan fingerprint density at radius 2 is 2.12 bits per heavy atom. The Morgan fingerprint density at radius 3 is 2.80 bits per heavy atom. The zero-order chi connectivity index (χ0) is 18.2. The van der Waals surface area contributed by atoms with Crippen molar-refractivity contribution < 1.29 is 14.6 Å². The second kappa shape index (κ2) is 9.70. The summed E-state index contributed by atoms with van der Waals surface area (Å²) in [5.74, 6) is 0.800. The Labute approximate surface area is 163 Å². The molecule has 0 aliphatic heterocycles. The Kier molecular flexibility index (Phi) is 7.61. The predicted octanol–water partition coefficient (Wildman–Crippen LogP) is 4.45. The average molecular weight is 444 g/mol. The van der Waals surface area contributed by atoms with E-state index in [1.807, 2.05) is 24.3 Å². The standard InChI is InChI=1S/C17H16BrClN2O3S/c1-24-15-9-11(8-14(18)17(15)23)10-20-21-16(22)6-7-25-13-4-2-12(19)3-5-13/h2-5,8-10,23H,6-7H2,1H3,(H,21,22)/b20-10-. The molecule has 1 amide bonds. The lowest BCUT2D eigenvalue weighted by Gasteiger charge is -2.06. The third-order valence-corrected chi connectivity index (χ3v) is 4.96. The Balaban J connectivity index is 1.80. The van der Waals surface area contributed by atoms with Crippen molar-refractivity contribution in [3.63, 3.8) is 0 Å². The van der Waals surface area contributed by atoms with E-state index in [1.165, 1.54) is 13.3 Å². The lowest BCUT2D eigenvalue weighted by Crippen LogP contribution is -2.17. The van der Waals surface area contributed by atoms with Gasteiger partial charge in [0.15, 0.2) is 11.5 Å². The second-order valence-electron chi connectivity index (χ2n) is 4.90. The molecule has 132 valence electrons. The minimum atomic E-state index is -0.178. The van der Waals surface area contributed by atoms with Gasteiger partial charge in [0.2, 0.25) is 5.91 Å². The minimum absolute atomic E-state index is 0.0166. The number of carbonyl (C=O) groups excluding carboxylic acids is 1. The number of hydrogen-bond donors (Lipinski definition) is 2. The minimum Gasteiger partial charge on any atom is -0.503 e. The van der Waals surface area contributed by atoms with Gasteiger partial charge in [0.1, 0.15) is 0 Å². The summed E-state index contributed by atoms with van der Waals surface area (Å²) in [4.78, 5) is 12.8. The van der Waals surface area contributed by atoms with Gasteiger partial charge in [-0.15, -0.1) is 11.8 Å². The predicted molar refractivity (Wildman–Crippen MR) is 105 cm³/mol. The number of phenols is 1. The SMILES string of the molecule is COc1cc(/C=N\NC(=O)CCSc2ccc(Cl)cc2)cc(Br)c1O. The molecule has 0 fully saturated rings. The van der Waals surface area contributed by atoms with Crippen LogP contribution in [0.25, 0.3) is 0 Å². The number of nitrogens with zero attached hydrogens (tertiary/aromatic N) is 1. The van der Waals surface area contributed by atoms with Gasteiger partial charge in [0.05, 0.1) is 17.8 Å². The van der Waals surface area contributed by atoms with Crippen LogP contribution in [0, 0.1) is 0 Å². The van der Waals surface area contributed by atoms with Crippen molar-refractivity contribution in [1.82, 2.24) is 5.43 Å². The fourth-order valence-electron chi connectivity index (χ4n) is 1.85. The van der Waals surface area contributed by atoms with E-state index in [4.69, 9.17) is 16.3 Å². The Hall–Kier alpha value is -1.70. The van der Waals surface area contributed by atoms with Crippen molar-refractivity contribution in [3.05, 3.63) is 51.5 Å². The van der Waals surface area contributed by atoms with Crippen LogP contribution in [-0.4, -0.2) is 30.1 Å². The van der Waals surface area contributed by atoms with E-state index < -0.39 is 0 Å². The molecule has 0 atom stereocenters. The van der Waals surface area contributed by atoms with Gasteiger partial charge in [-0.05, 0) is 57.9 Å². The van der Waals surface area contributed by atoms with Crippen LogP contribution in [0.5, 0.6) is 11.5 Å². The van der Waals surface area contributed by atoms with Gasteiger partial charge in [-0.2, -0.15) is 5.10 Å². The van der Waals surface area contributed by atoms with E-state index in [1.54, 1.807) is 23.9 Å². The van der Waals surface area contributed by atoms with Crippen molar-refractivity contribution in [2.24, 2.45) is 5.10 Å². The number of halogens is 2. The molecule has 0 aliphatic rings.